The maximum Gasteiger partial charge on any atom is 0.261 e. The molecule has 1 aliphatic rings. The van der Waals surface area contributed by atoms with E-state index in [1.165, 1.54) is 18.2 Å². The van der Waals surface area contributed by atoms with Crippen LogP contribution in [0.4, 0.5) is 5.69 Å². The van der Waals surface area contributed by atoms with Gasteiger partial charge in [0.25, 0.3) is 9.05 Å². The molecular weight excluding hydrogens is 309 g/mol. The Morgan fingerprint density at radius 2 is 1.89 bits per heavy atom. The molecule has 0 aromatic heterocycles. The topological polar surface area (TPSA) is 63.2 Å². The first kappa shape index (κ1) is 14.6. The number of rotatable bonds is 3. The molecule has 1 aromatic carbocycles. The van der Waals surface area contributed by atoms with E-state index in [4.69, 9.17) is 22.3 Å². The zero-order valence-corrected chi connectivity index (χ0v) is 12.4. The average Bonchev–Trinajstić information content (AvgIpc) is 2.84. The van der Waals surface area contributed by atoms with Gasteiger partial charge in [0.15, 0.2) is 0 Å². The van der Waals surface area contributed by atoms with E-state index in [9.17, 15) is 13.2 Å². The van der Waals surface area contributed by atoms with Gasteiger partial charge in [0, 0.05) is 16.6 Å². The summed E-state index contributed by atoms with van der Waals surface area (Å²) in [6.45, 7) is 0. The minimum absolute atomic E-state index is 0.0208. The molecule has 7 heteroatoms. The molecule has 0 saturated heterocycles. The number of carbonyl (C=O) groups is 1. The summed E-state index contributed by atoms with van der Waals surface area (Å²) in [4.78, 5) is 11.8. The predicted octanol–water partition coefficient (Wildman–Crippen LogP) is 3.40. The quantitative estimate of drug-likeness (QED) is 0.868. The number of hydrogen-bond acceptors (Lipinski definition) is 3. The Morgan fingerprint density at radius 3 is 2.42 bits per heavy atom. The van der Waals surface area contributed by atoms with Crippen LogP contribution in [0.2, 0.25) is 5.02 Å². The van der Waals surface area contributed by atoms with Gasteiger partial charge in [-0.05, 0) is 31.0 Å². The number of anilines is 1. The molecule has 0 unspecified atom stereocenters. The predicted molar refractivity (Wildman–Crippen MR) is 75.1 cm³/mol. The molecule has 1 N–H and O–H groups in total. The van der Waals surface area contributed by atoms with Gasteiger partial charge in [0.05, 0.1) is 15.6 Å². The molecule has 1 aliphatic carbocycles. The second-order valence-corrected chi connectivity index (χ2v) is 7.52. The van der Waals surface area contributed by atoms with Gasteiger partial charge in [-0.15, -0.1) is 0 Å². The van der Waals surface area contributed by atoms with Crippen LogP contribution in [-0.2, 0) is 13.8 Å². The largest absolute Gasteiger partial charge is 0.325 e. The summed E-state index contributed by atoms with van der Waals surface area (Å²) in [6, 6.07) is 4.00. The van der Waals surface area contributed by atoms with Crippen molar-refractivity contribution >= 4 is 42.9 Å². The number of benzene rings is 1. The summed E-state index contributed by atoms with van der Waals surface area (Å²) in [5.74, 6) is -0.0478. The Balaban J connectivity index is 2.15. The third-order valence-electron chi connectivity index (χ3n) is 3.21. The van der Waals surface area contributed by atoms with E-state index < -0.39 is 9.05 Å². The van der Waals surface area contributed by atoms with Crippen LogP contribution in [0.15, 0.2) is 23.1 Å². The number of carbonyl (C=O) groups excluding carboxylic acids is 1. The molecule has 0 spiro atoms. The molecule has 1 saturated carbocycles. The van der Waals surface area contributed by atoms with Crippen LogP contribution < -0.4 is 5.32 Å². The van der Waals surface area contributed by atoms with Crippen LogP contribution in [-0.4, -0.2) is 14.3 Å². The molecule has 19 heavy (non-hydrogen) atoms. The zero-order chi connectivity index (χ0) is 14.0. The van der Waals surface area contributed by atoms with Crippen LogP contribution >= 0.6 is 22.3 Å². The molecule has 0 radical (unpaired) electrons. The van der Waals surface area contributed by atoms with E-state index in [1.54, 1.807) is 0 Å². The highest BCUT2D eigenvalue weighted by Crippen LogP contribution is 2.30. The van der Waals surface area contributed by atoms with Gasteiger partial charge in [-0.1, -0.05) is 24.4 Å². The van der Waals surface area contributed by atoms with Crippen molar-refractivity contribution in [1.29, 1.82) is 0 Å². The van der Waals surface area contributed by atoms with Crippen molar-refractivity contribution in [2.24, 2.45) is 5.92 Å². The van der Waals surface area contributed by atoms with Crippen molar-refractivity contribution < 1.29 is 13.2 Å². The van der Waals surface area contributed by atoms with Gasteiger partial charge in [-0.25, -0.2) is 8.42 Å². The monoisotopic (exact) mass is 321 g/mol. The van der Waals surface area contributed by atoms with Gasteiger partial charge < -0.3 is 5.32 Å². The summed E-state index contributed by atoms with van der Waals surface area (Å²) < 4.78 is 22.3. The molecule has 1 aromatic rings. The van der Waals surface area contributed by atoms with Crippen LogP contribution in [0.3, 0.4) is 0 Å². The minimum Gasteiger partial charge on any atom is -0.325 e. The third kappa shape index (κ3) is 3.61. The van der Waals surface area contributed by atoms with E-state index >= 15 is 0 Å². The van der Waals surface area contributed by atoms with Crippen molar-refractivity contribution in [2.75, 3.05) is 5.32 Å². The maximum absolute atomic E-state index is 11.9. The van der Waals surface area contributed by atoms with Crippen LogP contribution in [0, 0.1) is 5.92 Å². The van der Waals surface area contributed by atoms with E-state index in [1.807, 2.05) is 0 Å². The summed E-state index contributed by atoms with van der Waals surface area (Å²) in [5.41, 5.74) is 0.405. The van der Waals surface area contributed by atoms with Crippen molar-refractivity contribution in [3.8, 4) is 0 Å². The first-order valence-electron chi connectivity index (χ1n) is 5.93. The molecule has 104 valence electrons. The van der Waals surface area contributed by atoms with Gasteiger partial charge in [0.2, 0.25) is 5.91 Å². The summed E-state index contributed by atoms with van der Waals surface area (Å²) in [6.07, 6.45) is 3.90. The highest BCUT2D eigenvalue weighted by molar-refractivity contribution is 8.13. The first-order chi connectivity index (χ1) is 8.88. The highest BCUT2D eigenvalue weighted by Gasteiger charge is 2.23. The molecule has 0 bridgehead atoms. The lowest BCUT2D eigenvalue weighted by atomic mass is 10.1. The minimum atomic E-state index is -3.81. The molecule has 1 amide bonds. The Hall–Kier alpha value is -0.780. The summed E-state index contributed by atoms with van der Waals surface area (Å²) >= 11 is 5.95. The van der Waals surface area contributed by atoms with E-state index in [0.29, 0.717) is 5.69 Å². The maximum atomic E-state index is 11.9. The van der Waals surface area contributed by atoms with Crippen molar-refractivity contribution in [1.82, 2.24) is 0 Å². The molecule has 0 atom stereocenters. The van der Waals surface area contributed by atoms with Crippen LogP contribution in [0.5, 0.6) is 0 Å². The second-order valence-electron chi connectivity index (χ2n) is 4.55. The Bertz CT molecular complexity index is 595. The molecule has 1 fully saturated rings. The van der Waals surface area contributed by atoms with Gasteiger partial charge in [-0.2, -0.15) is 0 Å². The van der Waals surface area contributed by atoms with Gasteiger partial charge in [0.1, 0.15) is 0 Å². The van der Waals surface area contributed by atoms with E-state index in [2.05, 4.69) is 5.32 Å². The number of amides is 1. The lowest BCUT2D eigenvalue weighted by molar-refractivity contribution is -0.119. The Morgan fingerprint density at radius 1 is 1.26 bits per heavy atom. The number of nitrogens with one attached hydrogen (secondary N) is 1. The van der Waals surface area contributed by atoms with Gasteiger partial charge in [-0.3, -0.25) is 4.79 Å². The zero-order valence-electron chi connectivity index (χ0n) is 10.0. The van der Waals surface area contributed by atoms with E-state index in [-0.39, 0.29) is 21.7 Å². The fourth-order valence-electron chi connectivity index (χ4n) is 2.17. The molecule has 0 heterocycles. The van der Waals surface area contributed by atoms with Crippen LogP contribution in [0.1, 0.15) is 25.7 Å². The van der Waals surface area contributed by atoms with Gasteiger partial charge >= 0.3 is 0 Å². The highest BCUT2D eigenvalue weighted by atomic mass is 35.7. The van der Waals surface area contributed by atoms with Crippen LogP contribution in [0.25, 0.3) is 0 Å². The van der Waals surface area contributed by atoms with Crippen molar-refractivity contribution in [2.45, 2.75) is 30.6 Å². The molecule has 4 nitrogen and oxygen atoms in total. The molecule has 0 aliphatic heterocycles. The van der Waals surface area contributed by atoms with Crippen molar-refractivity contribution in [3.05, 3.63) is 23.2 Å². The lowest BCUT2D eigenvalue weighted by Gasteiger charge is -2.12. The number of hydrogen-bond donors (Lipinski definition) is 1. The standard InChI is InChI=1S/C12H13Cl2NO3S/c13-10-7-9(19(14,17)18)5-6-11(10)15-12(16)8-3-1-2-4-8/h5-8H,1-4H2,(H,15,16). The second kappa shape index (κ2) is 5.69. The number of halogens is 2. The average molecular weight is 322 g/mol. The fourth-order valence-corrected chi connectivity index (χ4v) is 3.24. The fraction of sp³-hybridized carbons (Fsp3) is 0.417. The Labute approximate surface area is 121 Å². The SMILES string of the molecule is O=C(Nc1ccc(S(=O)(=O)Cl)cc1Cl)C1CCCC1. The molecule has 2 rings (SSSR count). The third-order valence-corrected chi connectivity index (χ3v) is 4.87. The van der Waals surface area contributed by atoms with Crippen molar-refractivity contribution in [3.63, 3.8) is 0 Å². The summed E-state index contributed by atoms with van der Waals surface area (Å²) in [5, 5.41) is 2.88. The van der Waals surface area contributed by atoms with E-state index in [0.717, 1.165) is 25.7 Å². The smallest absolute Gasteiger partial charge is 0.261 e. The molecular formula is C12H13Cl2NO3S. The normalized spacial score (nSPS) is 16.5. The Kier molecular flexibility index (Phi) is 4.38. The lowest BCUT2D eigenvalue weighted by Crippen LogP contribution is -2.20. The summed E-state index contributed by atoms with van der Waals surface area (Å²) in [7, 11) is 1.41. The first-order valence-corrected chi connectivity index (χ1v) is 8.62.